The Hall–Kier alpha value is -0.340. The summed E-state index contributed by atoms with van der Waals surface area (Å²) < 4.78 is 5.67. The third kappa shape index (κ3) is 9.75. The lowest BCUT2D eigenvalue weighted by atomic mass is 9.93. The lowest BCUT2D eigenvalue weighted by Gasteiger charge is -2.20. The highest BCUT2D eigenvalue weighted by Gasteiger charge is 2.10. The van der Waals surface area contributed by atoms with Gasteiger partial charge >= 0.3 is 0 Å². The molecule has 2 heteroatoms. The van der Waals surface area contributed by atoms with E-state index in [0.29, 0.717) is 5.41 Å². The van der Waals surface area contributed by atoms with E-state index >= 15 is 0 Å². The molecule has 0 rings (SSSR count). The van der Waals surface area contributed by atoms with Gasteiger partial charge in [-0.15, -0.1) is 6.58 Å². The minimum Gasteiger partial charge on any atom is -0.377 e. The molecule has 0 aromatic carbocycles. The van der Waals surface area contributed by atoms with Gasteiger partial charge < -0.3 is 10.1 Å². The summed E-state index contributed by atoms with van der Waals surface area (Å²) in [4.78, 5) is 0. The number of hydrogen-bond acceptors (Lipinski definition) is 2. The zero-order valence-electron chi connectivity index (χ0n) is 10.1. The largest absolute Gasteiger partial charge is 0.377 e. The molecule has 0 aromatic rings. The molecule has 1 unspecified atom stereocenters. The average Bonchev–Trinajstić information content (AvgIpc) is 2.02. The molecule has 0 aliphatic heterocycles. The highest BCUT2D eigenvalue weighted by molar-refractivity contribution is 4.70. The van der Waals surface area contributed by atoms with E-state index in [-0.39, 0.29) is 6.10 Å². The Balaban J connectivity index is 3.35. The Morgan fingerprint density at radius 3 is 2.57 bits per heavy atom. The third-order valence-corrected chi connectivity index (χ3v) is 1.97. The Morgan fingerprint density at radius 2 is 2.07 bits per heavy atom. The molecule has 14 heavy (non-hydrogen) atoms. The second-order valence-corrected chi connectivity index (χ2v) is 4.94. The van der Waals surface area contributed by atoms with Gasteiger partial charge in [0.1, 0.15) is 0 Å². The predicted molar refractivity (Wildman–Crippen MR) is 62.6 cm³/mol. The van der Waals surface area contributed by atoms with Gasteiger partial charge in [0.25, 0.3) is 0 Å². The first-order valence-electron chi connectivity index (χ1n) is 5.39. The van der Waals surface area contributed by atoms with Crippen molar-refractivity contribution in [3.05, 3.63) is 12.7 Å². The molecule has 0 heterocycles. The van der Waals surface area contributed by atoms with E-state index in [1.165, 1.54) is 0 Å². The van der Waals surface area contributed by atoms with Crippen molar-refractivity contribution in [1.29, 1.82) is 0 Å². The minimum absolute atomic E-state index is 0.289. The van der Waals surface area contributed by atoms with Crippen LogP contribution in [0.2, 0.25) is 0 Å². The van der Waals surface area contributed by atoms with Crippen molar-refractivity contribution in [2.45, 2.75) is 40.2 Å². The SMILES string of the molecule is C=CCNCC(C)OCCC(C)(C)C. The second kappa shape index (κ2) is 7.02. The summed E-state index contributed by atoms with van der Waals surface area (Å²) in [5, 5.41) is 3.24. The summed E-state index contributed by atoms with van der Waals surface area (Å²) in [7, 11) is 0. The molecule has 0 amide bonds. The van der Waals surface area contributed by atoms with E-state index in [9.17, 15) is 0 Å². The maximum absolute atomic E-state index is 5.67. The molecule has 1 atom stereocenters. The lowest BCUT2D eigenvalue weighted by Crippen LogP contribution is -2.27. The fourth-order valence-corrected chi connectivity index (χ4v) is 1.01. The van der Waals surface area contributed by atoms with Crippen molar-refractivity contribution < 1.29 is 4.74 Å². The highest BCUT2D eigenvalue weighted by Crippen LogP contribution is 2.18. The van der Waals surface area contributed by atoms with Crippen LogP contribution < -0.4 is 5.32 Å². The van der Waals surface area contributed by atoms with Crippen LogP contribution in [0, 0.1) is 5.41 Å². The van der Waals surface area contributed by atoms with Crippen molar-refractivity contribution >= 4 is 0 Å². The monoisotopic (exact) mass is 199 g/mol. The Kier molecular flexibility index (Phi) is 6.85. The van der Waals surface area contributed by atoms with Crippen molar-refractivity contribution in [1.82, 2.24) is 5.32 Å². The fourth-order valence-electron chi connectivity index (χ4n) is 1.01. The summed E-state index contributed by atoms with van der Waals surface area (Å²) in [6, 6.07) is 0. The first-order valence-corrected chi connectivity index (χ1v) is 5.39. The van der Waals surface area contributed by atoms with Crippen molar-refractivity contribution in [3.8, 4) is 0 Å². The molecule has 84 valence electrons. The van der Waals surface area contributed by atoms with Gasteiger partial charge in [0, 0.05) is 19.7 Å². The lowest BCUT2D eigenvalue weighted by molar-refractivity contribution is 0.0498. The average molecular weight is 199 g/mol. The molecule has 0 bridgehead atoms. The number of nitrogens with one attached hydrogen (secondary N) is 1. The van der Waals surface area contributed by atoms with Crippen molar-refractivity contribution in [2.24, 2.45) is 5.41 Å². The van der Waals surface area contributed by atoms with Gasteiger partial charge in [-0.1, -0.05) is 26.8 Å². The summed E-state index contributed by atoms with van der Waals surface area (Å²) in [6.45, 7) is 15.0. The van der Waals surface area contributed by atoms with Crippen LogP contribution >= 0.6 is 0 Å². The first kappa shape index (κ1) is 13.7. The van der Waals surface area contributed by atoms with Gasteiger partial charge in [-0.25, -0.2) is 0 Å². The molecule has 0 saturated heterocycles. The number of rotatable bonds is 7. The summed E-state index contributed by atoms with van der Waals surface area (Å²) in [5.41, 5.74) is 0.369. The fraction of sp³-hybridized carbons (Fsp3) is 0.833. The zero-order chi connectivity index (χ0) is 11.0. The van der Waals surface area contributed by atoms with E-state index in [1.54, 1.807) is 0 Å². The van der Waals surface area contributed by atoms with E-state index in [0.717, 1.165) is 26.1 Å². The van der Waals surface area contributed by atoms with Crippen LogP contribution in [-0.2, 0) is 4.74 Å². The molecule has 0 aromatic heterocycles. The van der Waals surface area contributed by atoms with Crippen LogP contribution in [0.3, 0.4) is 0 Å². The number of hydrogen-bond donors (Lipinski definition) is 1. The van der Waals surface area contributed by atoms with Gasteiger partial charge in [0.05, 0.1) is 6.10 Å². The summed E-state index contributed by atoms with van der Waals surface area (Å²) in [5.74, 6) is 0. The van der Waals surface area contributed by atoms with Crippen LogP contribution in [0.1, 0.15) is 34.1 Å². The van der Waals surface area contributed by atoms with Crippen LogP contribution in [0.25, 0.3) is 0 Å². The smallest absolute Gasteiger partial charge is 0.0671 e. The number of ether oxygens (including phenoxy) is 1. The Morgan fingerprint density at radius 1 is 1.43 bits per heavy atom. The molecule has 0 fully saturated rings. The molecule has 0 aliphatic rings. The molecule has 2 nitrogen and oxygen atoms in total. The van der Waals surface area contributed by atoms with Crippen molar-refractivity contribution in [2.75, 3.05) is 19.7 Å². The molecular formula is C12H25NO. The Labute approximate surface area is 88.7 Å². The van der Waals surface area contributed by atoms with E-state index in [1.807, 2.05) is 6.08 Å². The van der Waals surface area contributed by atoms with Gasteiger partial charge in [-0.2, -0.15) is 0 Å². The molecule has 0 saturated carbocycles. The molecule has 0 aliphatic carbocycles. The zero-order valence-corrected chi connectivity index (χ0v) is 10.1. The van der Waals surface area contributed by atoms with E-state index in [4.69, 9.17) is 4.74 Å². The summed E-state index contributed by atoms with van der Waals surface area (Å²) >= 11 is 0. The molecular weight excluding hydrogens is 174 g/mol. The molecule has 0 spiro atoms. The van der Waals surface area contributed by atoms with Gasteiger partial charge in [0.15, 0.2) is 0 Å². The highest BCUT2D eigenvalue weighted by atomic mass is 16.5. The van der Waals surface area contributed by atoms with Gasteiger partial charge in [-0.05, 0) is 18.8 Å². The third-order valence-electron chi connectivity index (χ3n) is 1.97. The first-order chi connectivity index (χ1) is 6.45. The summed E-state index contributed by atoms with van der Waals surface area (Å²) in [6.07, 6.45) is 3.26. The predicted octanol–water partition coefficient (Wildman–Crippen LogP) is 2.60. The van der Waals surface area contributed by atoms with Crippen LogP contribution in [0.4, 0.5) is 0 Å². The second-order valence-electron chi connectivity index (χ2n) is 4.94. The standard InChI is InChI=1S/C12H25NO/c1-6-8-13-10-11(2)14-9-7-12(3,4)5/h6,11,13H,1,7-10H2,2-5H3. The maximum atomic E-state index is 5.67. The normalized spacial score (nSPS) is 14.0. The topological polar surface area (TPSA) is 21.3 Å². The van der Waals surface area contributed by atoms with Crippen LogP contribution in [0.15, 0.2) is 12.7 Å². The van der Waals surface area contributed by atoms with Gasteiger partial charge in [0.2, 0.25) is 0 Å². The van der Waals surface area contributed by atoms with Crippen LogP contribution in [-0.4, -0.2) is 25.8 Å². The minimum atomic E-state index is 0.289. The van der Waals surface area contributed by atoms with Crippen molar-refractivity contribution in [3.63, 3.8) is 0 Å². The molecule has 1 N–H and O–H groups in total. The van der Waals surface area contributed by atoms with E-state index < -0.39 is 0 Å². The van der Waals surface area contributed by atoms with Gasteiger partial charge in [-0.3, -0.25) is 0 Å². The molecule has 0 radical (unpaired) electrons. The quantitative estimate of drug-likeness (QED) is 0.502. The Bertz CT molecular complexity index is 149. The van der Waals surface area contributed by atoms with Crippen LogP contribution in [0.5, 0.6) is 0 Å². The maximum Gasteiger partial charge on any atom is 0.0671 e. The van der Waals surface area contributed by atoms with E-state index in [2.05, 4.69) is 39.6 Å².